The molecule has 0 heterocycles. The van der Waals surface area contributed by atoms with Crippen LogP contribution in [0.1, 0.15) is 16.7 Å². The summed E-state index contributed by atoms with van der Waals surface area (Å²) in [5, 5.41) is 13.0. The summed E-state index contributed by atoms with van der Waals surface area (Å²) in [6.45, 7) is 3.92. The summed E-state index contributed by atoms with van der Waals surface area (Å²) in [6.07, 6.45) is 0. The number of allylic oxidation sites excluding steroid dienone is 1. The molecule has 0 aliphatic carbocycles. The zero-order valence-corrected chi connectivity index (χ0v) is 18.7. The van der Waals surface area contributed by atoms with Crippen LogP contribution in [0.25, 0.3) is 0 Å². The molecule has 31 heavy (non-hydrogen) atoms. The van der Waals surface area contributed by atoms with Crippen LogP contribution in [-0.2, 0) is 15.6 Å². The van der Waals surface area contributed by atoms with Gasteiger partial charge in [0.2, 0.25) is 9.84 Å². The van der Waals surface area contributed by atoms with Crippen molar-refractivity contribution in [2.45, 2.75) is 24.5 Å². The second kappa shape index (κ2) is 9.82. The van der Waals surface area contributed by atoms with Gasteiger partial charge in [-0.2, -0.15) is 5.26 Å². The van der Waals surface area contributed by atoms with Crippen molar-refractivity contribution in [1.29, 1.82) is 5.26 Å². The lowest BCUT2D eigenvalue weighted by Crippen LogP contribution is -2.10. The van der Waals surface area contributed by atoms with Gasteiger partial charge in [0.15, 0.2) is 4.91 Å². The summed E-state index contributed by atoms with van der Waals surface area (Å²) >= 11 is 1.07. The third kappa shape index (κ3) is 5.35. The Morgan fingerprint density at radius 2 is 1.68 bits per heavy atom. The summed E-state index contributed by atoms with van der Waals surface area (Å²) in [5.74, 6) is -0.222. The molecule has 3 aromatic carbocycles. The van der Waals surface area contributed by atoms with E-state index in [-0.39, 0.29) is 21.5 Å². The lowest BCUT2D eigenvalue weighted by molar-refractivity contribution is 0.603. The fraction of sp³-hybridized carbons (Fsp3) is 0.125. The highest BCUT2D eigenvalue weighted by Gasteiger charge is 2.25. The first kappa shape index (κ1) is 22.6. The highest BCUT2D eigenvalue weighted by atomic mass is 32.2. The van der Waals surface area contributed by atoms with Crippen LogP contribution in [-0.4, -0.2) is 8.42 Å². The van der Waals surface area contributed by atoms with Gasteiger partial charge < -0.3 is 5.32 Å². The van der Waals surface area contributed by atoms with Crippen molar-refractivity contribution in [2.24, 2.45) is 0 Å². The number of rotatable bonds is 7. The van der Waals surface area contributed by atoms with Crippen LogP contribution in [0, 0.1) is 31.0 Å². The minimum absolute atomic E-state index is 0.0254. The van der Waals surface area contributed by atoms with Crippen LogP contribution in [0.3, 0.4) is 0 Å². The number of nitrogens with one attached hydrogen (secondary N) is 1. The van der Waals surface area contributed by atoms with E-state index in [2.05, 4.69) is 5.32 Å². The van der Waals surface area contributed by atoms with E-state index in [0.29, 0.717) is 11.3 Å². The quantitative estimate of drug-likeness (QED) is 0.448. The number of hydrogen-bond acceptors (Lipinski definition) is 5. The Morgan fingerprint density at radius 3 is 2.32 bits per heavy atom. The standard InChI is InChI=1S/C24H21FN2O2S2/c1-17-12-13-20(14-18(17)2)27-24(30-16-19-8-6-7-11-22(19)25)23(15-26)31(28,29)21-9-4-3-5-10-21/h3-14,27H,16H2,1-2H3/b24-23+. The molecule has 0 atom stereocenters. The number of aryl methyl sites for hydroxylation is 2. The topological polar surface area (TPSA) is 70.0 Å². The fourth-order valence-corrected chi connectivity index (χ4v) is 5.40. The van der Waals surface area contributed by atoms with Crippen LogP contribution in [0.4, 0.5) is 10.1 Å². The van der Waals surface area contributed by atoms with E-state index in [4.69, 9.17) is 0 Å². The Labute approximate surface area is 186 Å². The summed E-state index contributed by atoms with van der Waals surface area (Å²) in [5.41, 5.74) is 3.18. The predicted octanol–water partition coefficient (Wildman–Crippen LogP) is 5.95. The molecule has 0 radical (unpaired) electrons. The third-order valence-corrected chi connectivity index (χ3v) is 7.63. The Kier molecular flexibility index (Phi) is 7.16. The molecule has 0 aromatic heterocycles. The first-order valence-electron chi connectivity index (χ1n) is 9.48. The van der Waals surface area contributed by atoms with E-state index < -0.39 is 14.7 Å². The molecule has 0 unspecified atom stereocenters. The maximum absolute atomic E-state index is 14.1. The number of nitrogens with zero attached hydrogens (tertiary/aromatic N) is 1. The second-order valence-corrected chi connectivity index (χ2v) is 9.76. The van der Waals surface area contributed by atoms with Crippen molar-refractivity contribution >= 4 is 27.3 Å². The zero-order valence-electron chi connectivity index (χ0n) is 17.1. The Bertz CT molecular complexity index is 1260. The van der Waals surface area contributed by atoms with E-state index in [1.807, 2.05) is 38.1 Å². The minimum atomic E-state index is -4.06. The number of benzene rings is 3. The van der Waals surface area contributed by atoms with Crippen molar-refractivity contribution in [1.82, 2.24) is 0 Å². The molecule has 0 spiro atoms. The van der Waals surface area contributed by atoms with Gasteiger partial charge >= 0.3 is 0 Å². The predicted molar refractivity (Wildman–Crippen MR) is 124 cm³/mol. The Hall–Kier alpha value is -3.08. The molecule has 0 fully saturated rings. The maximum Gasteiger partial charge on any atom is 0.219 e. The second-order valence-electron chi connectivity index (χ2n) is 6.89. The van der Waals surface area contributed by atoms with Crippen LogP contribution >= 0.6 is 11.8 Å². The maximum atomic E-state index is 14.1. The number of nitriles is 1. The average Bonchev–Trinajstić information content (AvgIpc) is 2.76. The largest absolute Gasteiger partial charge is 0.349 e. The number of thioether (sulfide) groups is 1. The van der Waals surface area contributed by atoms with Gasteiger partial charge in [-0.15, -0.1) is 11.8 Å². The number of hydrogen-bond donors (Lipinski definition) is 1. The monoisotopic (exact) mass is 452 g/mol. The molecule has 3 rings (SSSR count). The fourth-order valence-electron chi connectivity index (χ4n) is 2.82. The van der Waals surface area contributed by atoms with Crippen LogP contribution < -0.4 is 5.32 Å². The molecule has 158 valence electrons. The van der Waals surface area contributed by atoms with E-state index in [9.17, 15) is 18.1 Å². The van der Waals surface area contributed by atoms with E-state index in [0.717, 1.165) is 22.9 Å². The summed E-state index contributed by atoms with van der Waals surface area (Å²) in [6, 6.07) is 21.5. The van der Waals surface area contributed by atoms with E-state index in [1.54, 1.807) is 36.4 Å². The van der Waals surface area contributed by atoms with Gasteiger partial charge in [-0.25, -0.2) is 12.8 Å². The van der Waals surface area contributed by atoms with E-state index >= 15 is 0 Å². The molecule has 4 nitrogen and oxygen atoms in total. The van der Waals surface area contributed by atoms with Gasteiger partial charge in [-0.3, -0.25) is 0 Å². The number of halogens is 1. The zero-order chi connectivity index (χ0) is 22.4. The number of sulfone groups is 1. The highest BCUT2D eigenvalue weighted by Crippen LogP contribution is 2.32. The van der Waals surface area contributed by atoms with Gasteiger partial charge in [0.05, 0.1) is 4.90 Å². The summed E-state index contributed by atoms with van der Waals surface area (Å²) in [4.78, 5) is -0.379. The SMILES string of the molecule is Cc1ccc(N/C(SCc2ccccc2F)=C(/C#N)S(=O)(=O)c2ccccc2)cc1C. The molecule has 7 heteroatoms. The summed E-state index contributed by atoms with van der Waals surface area (Å²) < 4.78 is 40.5. The summed E-state index contributed by atoms with van der Waals surface area (Å²) in [7, 11) is -4.06. The first-order valence-corrected chi connectivity index (χ1v) is 11.9. The highest BCUT2D eigenvalue weighted by molar-refractivity contribution is 8.04. The molecule has 0 amide bonds. The third-order valence-electron chi connectivity index (χ3n) is 4.72. The van der Waals surface area contributed by atoms with Gasteiger partial charge in [-0.1, -0.05) is 42.5 Å². The van der Waals surface area contributed by atoms with Crippen molar-refractivity contribution in [3.05, 3.63) is 105 Å². The molecule has 0 bridgehead atoms. The van der Waals surface area contributed by atoms with Crippen LogP contribution in [0.2, 0.25) is 0 Å². The van der Waals surface area contributed by atoms with Crippen molar-refractivity contribution in [3.8, 4) is 6.07 Å². The van der Waals surface area contributed by atoms with Gasteiger partial charge in [-0.05, 0) is 60.9 Å². The first-order chi connectivity index (χ1) is 14.8. The molecule has 0 saturated heterocycles. The average molecular weight is 453 g/mol. The van der Waals surface area contributed by atoms with Crippen molar-refractivity contribution in [2.75, 3.05) is 5.32 Å². The van der Waals surface area contributed by atoms with E-state index in [1.165, 1.54) is 18.2 Å². The Balaban J connectivity index is 2.07. The van der Waals surface area contributed by atoms with Gasteiger partial charge in [0.1, 0.15) is 16.9 Å². The van der Waals surface area contributed by atoms with Gasteiger partial charge in [0.25, 0.3) is 0 Å². The molecule has 0 saturated carbocycles. The normalized spacial score (nSPS) is 12.1. The van der Waals surface area contributed by atoms with Crippen LogP contribution in [0.5, 0.6) is 0 Å². The molecule has 1 N–H and O–H groups in total. The molecule has 0 aliphatic rings. The molecule has 0 aliphatic heterocycles. The number of anilines is 1. The molecular formula is C24H21FN2O2S2. The van der Waals surface area contributed by atoms with Gasteiger partial charge in [0, 0.05) is 11.4 Å². The smallest absolute Gasteiger partial charge is 0.219 e. The minimum Gasteiger partial charge on any atom is -0.349 e. The lowest BCUT2D eigenvalue weighted by atomic mass is 10.1. The van der Waals surface area contributed by atoms with Crippen molar-refractivity contribution < 1.29 is 12.8 Å². The van der Waals surface area contributed by atoms with Crippen molar-refractivity contribution in [3.63, 3.8) is 0 Å². The van der Waals surface area contributed by atoms with Crippen LogP contribution in [0.15, 0.2) is 87.6 Å². The molecule has 3 aromatic rings. The molecular weight excluding hydrogens is 431 g/mol. The Morgan fingerprint density at radius 1 is 1.00 bits per heavy atom. The lowest BCUT2D eigenvalue weighted by Gasteiger charge is -2.15.